The molecule has 0 aliphatic carbocycles. The molecule has 3 heterocycles. The number of nitrogens with zero attached hydrogens (tertiary/aromatic N) is 3. The molecule has 6 heteroatoms. The number of pyridine rings is 1. The van der Waals surface area contributed by atoms with Gasteiger partial charge in [0.25, 0.3) is 0 Å². The third kappa shape index (κ3) is 4.17. The summed E-state index contributed by atoms with van der Waals surface area (Å²) in [6.07, 6.45) is 2.41. The van der Waals surface area contributed by atoms with Crippen LogP contribution in [0.4, 0.5) is 10.8 Å². The number of imidazole rings is 1. The standard InChI is InChI=1S/C27H24N4OS/c1-17-9-4-5-10-20(17)16-23(32)21-11-8-12-22(15-21)29-27-30-25(19(3)33-27)26-18(2)28-24-13-6-7-14-31(24)26/h4-15H,16H2,1-3H3,(H,29,30). The zero-order valence-corrected chi connectivity index (χ0v) is 19.6. The van der Waals surface area contributed by atoms with E-state index in [2.05, 4.69) is 21.6 Å². The second-order valence-corrected chi connectivity index (χ2v) is 9.33. The average Bonchev–Trinajstić information content (AvgIpc) is 3.33. The molecule has 0 unspecified atom stereocenters. The summed E-state index contributed by atoms with van der Waals surface area (Å²) in [6.45, 7) is 6.12. The van der Waals surface area contributed by atoms with Crippen LogP contribution in [0.5, 0.6) is 0 Å². The third-order valence-corrected chi connectivity index (χ3v) is 6.66. The number of anilines is 2. The first-order valence-corrected chi connectivity index (χ1v) is 11.7. The molecular weight excluding hydrogens is 428 g/mol. The zero-order chi connectivity index (χ0) is 22.9. The van der Waals surface area contributed by atoms with Gasteiger partial charge in [-0.3, -0.25) is 9.20 Å². The van der Waals surface area contributed by atoms with E-state index in [4.69, 9.17) is 4.98 Å². The lowest BCUT2D eigenvalue weighted by Crippen LogP contribution is -2.05. The number of benzene rings is 2. The second kappa shape index (κ2) is 8.64. The van der Waals surface area contributed by atoms with Crippen molar-refractivity contribution < 1.29 is 4.79 Å². The highest BCUT2D eigenvalue weighted by atomic mass is 32.1. The first-order valence-electron chi connectivity index (χ1n) is 10.9. The molecule has 2 aromatic carbocycles. The average molecular weight is 453 g/mol. The lowest BCUT2D eigenvalue weighted by molar-refractivity contribution is 0.0993. The van der Waals surface area contributed by atoms with Gasteiger partial charge in [-0.05, 0) is 56.2 Å². The first-order chi connectivity index (χ1) is 16.0. The van der Waals surface area contributed by atoms with Gasteiger partial charge in [0.05, 0.1) is 11.4 Å². The molecule has 0 saturated heterocycles. The molecule has 33 heavy (non-hydrogen) atoms. The number of aryl methyl sites for hydroxylation is 3. The van der Waals surface area contributed by atoms with E-state index in [1.165, 1.54) is 0 Å². The molecule has 0 atom stereocenters. The maximum atomic E-state index is 12.9. The van der Waals surface area contributed by atoms with Crippen molar-refractivity contribution in [2.24, 2.45) is 0 Å². The van der Waals surface area contributed by atoms with Gasteiger partial charge in [-0.1, -0.05) is 42.5 Å². The molecule has 1 N–H and O–H groups in total. The summed E-state index contributed by atoms with van der Waals surface area (Å²) in [5, 5.41) is 4.18. The largest absolute Gasteiger partial charge is 0.332 e. The van der Waals surface area contributed by atoms with E-state index in [9.17, 15) is 4.79 Å². The number of nitrogens with one attached hydrogen (secondary N) is 1. The van der Waals surface area contributed by atoms with E-state index >= 15 is 0 Å². The Hall–Kier alpha value is -3.77. The van der Waals surface area contributed by atoms with Crippen LogP contribution in [0.15, 0.2) is 72.9 Å². The minimum absolute atomic E-state index is 0.102. The number of hydrogen-bond acceptors (Lipinski definition) is 5. The number of Topliss-reactive ketones (excluding diaryl/α,β-unsaturated/α-hetero) is 1. The van der Waals surface area contributed by atoms with Gasteiger partial charge in [0.2, 0.25) is 0 Å². The normalized spacial score (nSPS) is 11.1. The zero-order valence-electron chi connectivity index (χ0n) is 18.8. The Balaban J connectivity index is 1.40. The van der Waals surface area contributed by atoms with Gasteiger partial charge < -0.3 is 5.32 Å². The maximum Gasteiger partial charge on any atom is 0.188 e. The van der Waals surface area contributed by atoms with Gasteiger partial charge in [-0.25, -0.2) is 9.97 Å². The fourth-order valence-corrected chi connectivity index (χ4v) is 4.88. The van der Waals surface area contributed by atoms with Crippen molar-refractivity contribution in [1.82, 2.24) is 14.4 Å². The smallest absolute Gasteiger partial charge is 0.188 e. The molecule has 0 aliphatic heterocycles. The van der Waals surface area contributed by atoms with Crippen LogP contribution in [0.3, 0.4) is 0 Å². The SMILES string of the molecule is Cc1ccccc1CC(=O)c1cccc(Nc2nc(-c3c(C)nc4ccccn34)c(C)s2)c1. The Kier molecular flexibility index (Phi) is 5.52. The molecule has 5 rings (SSSR count). The first kappa shape index (κ1) is 21.1. The summed E-state index contributed by atoms with van der Waals surface area (Å²) >= 11 is 1.60. The fraction of sp³-hybridized carbons (Fsp3) is 0.148. The molecule has 5 nitrogen and oxygen atoms in total. The number of fused-ring (bicyclic) bond motifs is 1. The van der Waals surface area contributed by atoms with E-state index < -0.39 is 0 Å². The molecule has 5 aromatic rings. The molecule has 0 fully saturated rings. The Morgan fingerprint density at radius 1 is 0.970 bits per heavy atom. The Bertz CT molecular complexity index is 1480. The quantitative estimate of drug-likeness (QED) is 0.297. The van der Waals surface area contributed by atoms with Crippen LogP contribution >= 0.6 is 11.3 Å². The summed E-state index contributed by atoms with van der Waals surface area (Å²) in [5.41, 5.74) is 7.52. The van der Waals surface area contributed by atoms with E-state index in [0.29, 0.717) is 12.0 Å². The Morgan fingerprint density at radius 2 is 1.79 bits per heavy atom. The van der Waals surface area contributed by atoms with Gasteiger partial charge in [0, 0.05) is 28.7 Å². The minimum atomic E-state index is 0.102. The van der Waals surface area contributed by atoms with Gasteiger partial charge in [0.15, 0.2) is 10.9 Å². The van der Waals surface area contributed by atoms with E-state index in [1.54, 1.807) is 11.3 Å². The summed E-state index contributed by atoms with van der Waals surface area (Å²) in [7, 11) is 0. The van der Waals surface area contributed by atoms with Crippen molar-refractivity contribution in [1.29, 1.82) is 0 Å². The van der Waals surface area contributed by atoms with Gasteiger partial charge in [-0.2, -0.15) is 0 Å². The van der Waals surface area contributed by atoms with Crippen molar-refractivity contribution in [3.8, 4) is 11.4 Å². The second-order valence-electron chi connectivity index (χ2n) is 8.13. The molecule has 164 valence electrons. The van der Waals surface area contributed by atoms with Gasteiger partial charge in [0.1, 0.15) is 11.3 Å². The molecule has 0 aliphatic rings. The van der Waals surface area contributed by atoms with Crippen molar-refractivity contribution in [2.45, 2.75) is 27.2 Å². The van der Waals surface area contributed by atoms with Crippen LogP contribution < -0.4 is 5.32 Å². The molecule has 0 saturated carbocycles. The maximum absolute atomic E-state index is 12.9. The molecule has 0 spiro atoms. The number of carbonyl (C=O) groups excluding carboxylic acids is 1. The van der Waals surface area contributed by atoms with E-state index in [1.807, 2.05) is 86.8 Å². The van der Waals surface area contributed by atoms with E-state index in [-0.39, 0.29) is 5.78 Å². The van der Waals surface area contributed by atoms with Crippen LogP contribution in [0.25, 0.3) is 17.0 Å². The fourth-order valence-electron chi connectivity index (χ4n) is 4.05. The number of rotatable bonds is 6. The van der Waals surface area contributed by atoms with Crippen LogP contribution in [-0.2, 0) is 6.42 Å². The molecule has 0 bridgehead atoms. The summed E-state index contributed by atoms with van der Waals surface area (Å²) in [5.74, 6) is 0.102. The molecule has 0 amide bonds. The van der Waals surface area contributed by atoms with Crippen LogP contribution in [-0.4, -0.2) is 20.2 Å². The van der Waals surface area contributed by atoms with Gasteiger partial charge in [-0.15, -0.1) is 11.3 Å². The van der Waals surface area contributed by atoms with Crippen molar-refractivity contribution in [2.75, 3.05) is 5.32 Å². The highest BCUT2D eigenvalue weighted by molar-refractivity contribution is 7.16. The third-order valence-electron chi connectivity index (χ3n) is 5.77. The number of aromatic nitrogens is 3. The van der Waals surface area contributed by atoms with Gasteiger partial charge >= 0.3 is 0 Å². The number of ketones is 1. The van der Waals surface area contributed by atoms with Crippen molar-refractivity contribution in [3.05, 3.63) is 100 Å². The summed E-state index contributed by atoms with van der Waals surface area (Å²) < 4.78 is 2.08. The lowest BCUT2D eigenvalue weighted by Gasteiger charge is -2.07. The predicted octanol–water partition coefficient (Wildman–Crippen LogP) is 6.55. The number of hydrogen-bond donors (Lipinski definition) is 1. The van der Waals surface area contributed by atoms with Crippen LogP contribution in [0.1, 0.15) is 32.1 Å². The highest BCUT2D eigenvalue weighted by Gasteiger charge is 2.18. The molecule has 3 aromatic heterocycles. The molecule has 0 radical (unpaired) electrons. The number of thiazole rings is 1. The van der Waals surface area contributed by atoms with Crippen LogP contribution in [0, 0.1) is 20.8 Å². The van der Waals surface area contributed by atoms with Crippen molar-refractivity contribution >= 4 is 33.6 Å². The Morgan fingerprint density at radius 3 is 2.64 bits per heavy atom. The Labute approximate surface area is 196 Å². The monoisotopic (exact) mass is 452 g/mol. The predicted molar refractivity (Wildman–Crippen MR) is 135 cm³/mol. The van der Waals surface area contributed by atoms with Crippen LogP contribution in [0.2, 0.25) is 0 Å². The number of carbonyl (C=O) groups is 1. The summed E-state index contributed by atoms with van der Waals surface area (Å²) in [6, 6.07) is 21.6. The van der Waals surface area contributed by atoms with E-state index in [0.717, 1.165) is 49.6 Å². The summed E-state index contributed by atoms with van der Waals surface area (Å²) in [4.78, 5) is 23.5. The van der Waals surface area contributed by atoms with Crippen molar-refractivity contribution in [3.63, 3.8) is 0 Å². The minimum Gasteiger partial charge on any atom is -0.332 e. The highest BCUT2D eigenvalue weighted by Crippen LogP contribution is 2.34. The molecular formula is C27H24N4OS. The lowest BCUT2D eigenvalue weighted by atomic mass is 9.99. The topological polar surface area (TPSA) is 59.3 Å².